The SMILES string of the molecule is CCCn1cc(NC(=O)C2(N)CCC2)ccc1=O. The molecule has 1 aliphatic rings. The molecule has 1 fully saturated rings. The van der Waals surface area contributed by atoms with E-state index in [1.165, 1.54) is 6.07 Å². The zero-order chi connectivity index (χ0) is 13.2. The number of nitrogens with zero attached hydrogens (tertiary/aromatic N) is 1. The van der Waals surface area contributed by atoms with Gasteiger partial charge in [-0.2, -0.15) is 0 Å². The monoisotopic (exact) mass is 249 g/mol. The molecule has 3 N–H and O–H groups in total. The maximum absolute atomic E-state index is 11.9. The highest BCUT2D eigenvalue weighted by Gasteiger charge is 2.40. The lowest BCUT2D eigenvalue weighted by Crippen LogP contribution is -2.56. The van der Waals surface area contributed by atoms with Gasteiger partial charge >= 0.3 is 0 Å². The number of aryl methyl sites for hydroxylation is 1. The number of carbonyl (C=O) groups is 1. The first-order chi connectivity index (χ1) is 8.55. The quantitative estimate of drug-likeness (QED) is 0.838. The molecular weight excluding hydrogens is 230 g/mol. The van der Waals surface area contributed by atoms with Gasteiger partial charge in [0.25, 0.3) is 5.56 Å². The molecule has 0 bridgehead atoms. The topological polar surface area (TPSA) is 77.1 Å². The highest BCUT2D eigenvalue weighted by atomic mass is 16.2. The van der Waals surface area contributed by atoms with Gasteiger partial charge in [0, 0.05) is 18.8 Å². The van der Waals surface area contributed by atoms with E-state index in [4.69, 9.17) is 5.73 Å². The van der Waals surface area contributed by atoms with Crippen LogP contribution in [0.1, 0.15) is 32.6 Å². The minimum Gasteiger partial charge on any atom is -0.323 e. The number of anilines is 1. The third-order valence-electron chi connectivity index (χ3n) is 3.40. The third kappa shape index (κ3) is 2.46. The second kappa shape index (κ2) is 4.94. The molecule has 0 unspecified atom stereocenters. The first-order valence-electron chi connectivity index (χ1n) is 6.36. The average Bonchev–Trinajstić information content (AvgIpc) is 2.30. The summed E-state index contributed by atoms with van der Waals surface area (Å²) in [4.78, 5) is 23.5. The van der Waals surface area contributed by atoms with Crippen molar-refractivity contribution in [3.05, 3.63) is 28.7 Å². The zero-order valence-corrected chi connectivity index (χ0v) is 10.6. The van der Waals surface area contributed by atoms with E-state index in [1.807, 2.05) is 6.92 Å². The maximum atomic E-state index is 11.9. The van der Waals surface area contributed by atoms with E-state index in [0.29, 0.717) is 12.2 Å². The summed E-state index contributed by atoms with van der Waals surface area (Å²) < 4.78 is 1.60. The van der Waals surface area contributed by atoms with E-state index >= 15 is 0 Å². The lowest BCUT2D eigenvalue weighted by Gasteiger charge is -2.36. The molecule has 0 radical (unpaired) electrons. The van der Waals surface area contributed by atoms with Crippen LogP contribution in [-0.2, 0) is 11.3 Å². The third-order valence-corrected chi connectivity index (χ3v) is 3.40. The molecule has 2 rings (SSSR count). The molecule has 0 aliphatic heterocycles. The fraction of sp³-hybridized carbons (Fsp3) is 0.538. The fourth-order valence-electron chi connectivity index (χ4n) is 2.06. The Balaban J connectivity index is 2.12. The van der Waals surface area contributed by atoms with Crippen molar-refractivity contribution < 1.29 is 4.79 Å². The van der Waals surface area contributed by atoms with Gasteiger partial charge in [0.2, 0.25) is 5.91 Å². The van der Waals surface area contributed by atoms with Crippen LogP contribution >= 0.6 is 0 Å². The smallest absolute Gasteiger partial charge is 0.250 e. The first kappa shape index (κ1) is 12.8. The van der Waals surface area contributed by atoms with Crippen molar-refractivity contribution in [3.63, 3.8) is 0 Å². The summed E-state index contributed by atoms with van der Waals surface area (Å²) in [6.07, 6.45) is 5.00. The Labute approximate surface area is 106 Å². The maximum Gasteiger partial charge on any atom is 0.250 e. The number of amides is 1. The van der Waals surface area contributed by atoms with Crippen LogP contribution in [0.25, 0.3) is 0 Å². The highest BCUT2D eigenvalue weighted by Crippen LogP contribution is 2.30. The van der Waals surface area contributed by atoms with Crippen LogP contribution < -0.4 is 16.6 Å². The molecule has 5 heteroatoms. The van der Waals surface area contributed by atoms with Crippen LogP contribution in [0.15, 0.2) is 23.1 Å². The number of hydrogen-bond acceptors (Lipinski definition) is 3. The number of nitrogens with two attached hydrogens (primary N) is 1. The van der Waals surface area contributed by atoms with Crippen LogP contribution in [0.3, 0.4) is 0 Å². The van der Waals surface area contributed by atoms with Crippen molar-refractivity contribution in [2.24, 2.45) is 5.73 Å². The molecule has 0 saturated heterocycles. The van der Waals surface area contributed by atoms with Crippen molar-refractivity contribution in [2.75, 3.05) is 5.32 Å². The Hall–Kier alpha value is -1.62. The Bertz CT molecular complexity index is 503. The molecule has 0 spiro atoms. The van der Waals surface area contributed by atoms with E-state index in [0.717, 1.165) is 25.7 Å². The fourth-order valence-corrected chi connectivity index (χ4v) is 2.06. The summed E-state index contributed by atoms with van der Waals surface area (Å²) in [5.41, 5.74) is 5.80. The second-order valence-electron chi connectivity index (χ2n) is 4.91. The van der Waals surface area contributed by atoms with E-state index < -0.39 is 5.54 Å². The lowest BCUT2D eigenvalue weighted by molar-refractivity contribution is -0.123. The number of hydrogen-bond donors (Lipinski definition) is 2. The number of nitrogens with one attached hydrogen (secondary N) is 1. The van der Waals surface area contributed by atoms with E-state index in [-0.39, 0.29) is 11.5 Å². The van der Waals surface area contributed by atoms with Crippen LogP contribution in [-0.4, -0.2) is 16.0 Å². The molecule has 5 nitrogen and oxygen atoms in total. The van der Waals surface area contributed by atoms with Crippen molar-refractivity contribution in [1.29, 1.82) is 0 Å². The van der Waals surface area contributed by atoms with Gasteiger partial charge in [-0.1, -0.05) is 6.92 Å². The minimum atomic E-state index is -0.717. The van der Waals surface area contributed by atoms with Crippen molar-refractivity contribution in [3.8, 4) is 0 Å². The van der Waals surface area contributed by atoms with Crippen molar-refractivity contribution in [1.82, 2.24) is 4.57 Å². The van der Waals surface area contributed by atoms with Gasteiger partial charge in [0.1, 0.15) is 0 Å². The summed E-state index contributed by atoms with van der Waals surface area (Å²) in [5.74, 6) is -0.157. The number of rotatable bonds is 4. The van der Waals surface area contributed by atoms with Gasteiger partial charge in [-0.15, -0.1) is 0 Å². The number of aromatic nitrogens is 1. The lowest BCUT2D eigenvalue weighted by atomic mass is 9.77. The van der Waals surface area contributed by atoms with E-state index in [2.05, 4.69) is 5.32 Å². The summed E-state index contributed by atoms with van der Waals surface area (Å²) >= 11 is 0. The van der Waals surface area contributed by atoms with Gasteiger partial charge in [0.05, 0.1) is 11.2 Å². The standard InChI is InChI=1S/C13H19N3O2/c1-2-8-16-9-10(4-5-11(16)17)15-12(18)13(14)6-3-7-13/h4-5,9H,2-3,6-8,14H2,1H3,(H,15,18). The highest BCUT2D eigenvalue weighted by molar-refractivity contribution is 5.98. The molecule has 18 heavy (non-hydrogen) atoms. The molecule has 0 aromatic carbocycles. The number of carbonyl (C=O) groups excluding carboxylic acids is 1. The summed E-state index contributed by atoms with van der Waals surface area (Å²) in [5, 5.41) is 2.79. The minimum absolute atomic E-state index is 0.0547. The van der Waals surface area contributed by atoms with E-state index in [9.17, 15) is 9.59 Å². The van der Waals surface area contributed by atoms with Gasteiger partial charge < -0.3 is 15.6 Å². The second-order valence-corrected chi connectivity index (χ2v) is 4.91. The summed E-state index contributed by atoms with van der Waals surface area (Å²) in [7, 11) is 0. The largest absolute Gasteiger partial charge is 0.323 e. The average molecular weight is 249 g/mol. The Morgan fingerprint density at radius 2 is 2.22 bits per heavy atom. The normalized spacial score (nSPS) is 17.0. The Kier molecular flexibility index (Phi) is 3.52. The molecule has 0 atom stereocenters. The van der Waals surface area contributed by atoms with Gasteiger partial charge in [-0.05, 0) is 31.7 Å². The van der Waals surface area contributed by atoms with E-state index in [1.54, 1.807) is 16.8 Å². The summed E-state index contributed by atoms with van der Waals surface area (Å²) in [6.45, 7) is 2.65. The molecule has 1 amide bonds. The molecular formula is C13H19N3O2. The van der Waals surface area contributed by atoms with Crippen molar-refractivity contribution >= 4 is 11.6 Å². The van der Waals surface area contributed by atoms with Crippen LogP contribution in [0, 0.1) is 0 Å². The Morgan fingerprint density at radius 1 is 1.50 bits per heavy atom. The van der Waals surface area contributed by atoms with Gasteiger partial charge in [-0.3, -0.25) is 9.59 Å². The zero-order valence-electron chi connectivity index (χ0n) is 10.6. The molecule has 1 aromatic heterocycles. The first-order valence-corrected chi connectivity index (χ1v) is 6.36. The molecule has 98 valence electrons. The predicted molar refractivity (Wildman–Crippen MR) is 70.4 cm³/mol. The Morgan fingerprint density at radius 3 is 2.78 bits per heavy atom. The molecule has 1 heterocycles. The number of pyridine rings is 1. The van der Waals surface area contributed by atoms with Crippen molar-refractivity contribution in [2.45, 2.75) is 44.7 Å². The summed E-state index contributed by atoms with van der Waals surface area (Å²) in [6, 6.07) is 3.09. The van der Waals surface area contributed by atoms with Gasteiger partial charge in [0.15, 0.2) is 0 Å². The van der Waals surface area contributed by atoms with Gasteiger partial charge in [-0.25, -0.2) is 0 Å². The van der Waals surface area contributed by atoms with Crippen LogP contribution in [0.4, 0.5) is 5.69 Å². The molecule has 1 aliphatic carbocycles. The molecule has 1 aromatic rings. The molecule has 1 saturated carbocycles. The predicted octanol–water partition coefficient (Wildman–Crippen LogP) is 1.08. The van der Waals surface area contributed by atoms with Crippen LogP contribution in [0.2, 0.25) is 0 Å². The van der Waals surface area contributed by atoms with Crippen LogP contribution in [0.5, 0.6) is 0 Å².